The number of carbonyl (C=O) groups excluding carboxylic acids is 1. The lowest BCUT2D eigenvalue weighted by molar-refractivity contribution is -0.133. The van der Waals surface area contributed by atoms with E-state index in [2.05, 4.69) is 34.6 Å². The van der Waals surface area contributed by atoms with Gasteiger partial charge in [-0.05, 0) is 11.3 Å². The maximum Gasteiger partial charge on any atom is 0.223 e. The van der Waals surface area contributed by atoms with Gasteiger partial charge in [-0.1, -0.05) is 46.8 Å². The minimum absolute atomic E-state index is 0.0233. The van der Waals surface area contributed by atoms with Gasteiger partial charge in [0.05, 0.1) is 4.99 Å². The number of rotatable bonds is 6. The van der Waals surface area contributed by atoms with Crippen molar-refractivity contribution in [3.63, 3.8) is 0 Å². The van der Waals surface area contributed by atoms with Crippen LogP contribution in [0.4, 0.5) is 0 Å². The Hall–Kier alpha value is -0.640. The maximum atomic E-state index is 12.1. The normalized spacial score (nSPS) is 11.6. The molecule has 0 spiro atoms. The molecule has 17 heavy (non-hydrogen) atoms. The summed E-state index contributed by atoms with van der Waals surface area (Å²) in [7, 11) is 0. The van der Waals surface area contributed by atoms with Crippen LogP contribution in [0.2, 0.25) is 0 Å². The SMILES string of the molecule is CC(C)CN(CCC(N)=S)C(=O)CC(C)(C)C. The predicted octanol–water partition coefficient (Wildman–Crippen LogP) is 2.58. The minimum atomic E-state index is 0.0233. The summed E-state index contributed by atoms with van der Waals surface area (Å²) in [5.74, 6) is 0.660. The molecule has 2 N–H and O–H groups in total. The first-order valence-electron chi connectivity index (χ1n) is 6.18. The Kier molecular flexibility index (Phi) is 6.68. The van der Waals surface area contributed by atoms with E-state index in [1.165, 1.54) is 0 Å². The zero-order valence-corrected chi connectivity index (χ0v) is 12.6. The van der Waals surface area contributed by atoms with E-state index in [4.69, 9.17) is 18.0 Å². The Bertz CT molecular complexity index is 269. The molecule has 0 atom stereocenters. The molecule has 0 aromatic rings. The fourth-order valence-electron chi connectivity index (χ4n) is 1.57. The molecule has 0 unspecified atom stereocenters. The quantitative estimate of drug-likeness (QED) is 0.745. The number of hydrogen-bond donors (Lipinski definition) is 1. The van der Waals surface area contributed by atoms with Gasteiger partial charge in [0.15, 0.2) is 0 Å². The third-order valence-corrected chi connectivity index (χ3v) is 2.45. The van der Waals surface area contributed by atoms with Crippen molar-refractivity contribution < 1.29 is 4.79 Å². The molecule has 100 valence electrons. The molecule has 0 rings (SSSR count). The smallest absolute Gasteiger partial charge is 0.223 e. The zero-order chi connectivity index (χ0) is 13.6. The van der Waals surface area contributed by atoms with Crippen LogP contribution in [-0.4, -0.2) is 28.9 Å². The second kappa shape index (κ2) is 6.94. The van der Waals surface area contributed by atoms with Crippen molar-refractivity contribution >= 4 is 23.1 Å². The largest absolute Gasteiger partial charge is 0.393 e. The maximum absolute atomic E-state index is 12.1. The van der Waals surface area contributed by atoms with Crippen LogP contribution in [0.1, 0.15) is 47.5 Å². The standard InChI is InChI=1S/C13H26N2OS/c1-10(2)9-15(7-6-11(14)17)12(16)8-13(3,4)5/h10H,6-9H2,1-5H3,(H2,14,17). The molecule has 0 aliphatic carbocycles. The highest BCUT2D eigenvalue weighted by molar-refractivity contribution is 7.80. The fourth-order valence-corrected chi connectivity index (χ4v) is 1.66. The third-order valence-electron chi connectivity index (χ3n) is 2.25. The van der Waals surface area contributed by atoms with Crippen LogP contribution in [-0.2, 0) is 4.79 Å². The van der Waals surface area contributed by atoms with Crippen LogP contribution >= 0.6 is 12.2 Å². The van der Waals surface area contributed by atoms with Gasteiger partial charge in [0.1, 0.15) is 0 Å². The summed E-state index contributed by atoms with van der Waals surface area (Å²) >= 11 is 4.86. The number of amides is 1. The van der Waals surface area contributed by atoms with Crippen molar-refractivity contribution in [3.05, 3.63) is 0 Å². The van der Waals surface area contributed by atoms with Gasteiger partial charge in [-0.2, -0.15) is 0 Å². The lowest BCUT2D eigenvalue weighted by Gasteiger charge is -2.28. The number of thiocarbonyl (C=S) groups is 1. The van der Waals surface area contributed by atoms with E-state index in [-0.39, 0.29) is 11.3 Å². The molecule has 0 fully saturated rings. The van der Waals surface area contributed by atoms with Gasteiger partial charge in [-0.15, -0.1) is 0 Å². The van der Waals surface area contributed by atoms with Crippen molar-refractivity contribution in [2.45, 2.75) is 47.5 Å². The first-order chi connectivity index (χ1) is 7.61. The van der Waals surface area contributed by atoms with Crippen molar-refractivity contribution in [2.75, 3.05) is 13.1 Å². The fraction of sp³-hybridized carbons (Fsp3) is 0.846. The van der Waals surface area contributed by atoms with E-state index in [1.807, 2.05) is 4.90 Å². The Balaban J connectivity index is 4.45. The van der Waals surface area contributed by atoms with Gasteiger partial charge in [0, 0.05) is 25.9 Å². The molecule has 0 aromatic heterocycles. The first-order valence-corrected chi connectivity index (χ1v) is 6.58. The van der Waals surface area contributed by atoms with Crippen LogP contribution in [0, 0.1) is 11.3 Å². The van der Waals surface area contributed by atoms with Crippen LogP contribution in [0.25, 0.3) is 0 Å². The highest BCUT2D eigenvalue weighted by Crippen LogP contribution is 2.20. The summed E-state index contributed by atoms with van der Waals surface area (Å²) in [6.45, 7) is 11.9. The summed E-state index contributed by atoms with van der Waals surface area (Å²) in [6, 6.07) is 0. The second-order valence-corrected chi connectivity index (χ2v) is 6.71. The van der Waals surface area contributed by atoms with E-state index in [0.717, 1.165) is 6.54 Å². The van der Waals surface area contributed by atoms with Crippen LogP contribution in [0.15, 0.2) is 0 Å². The molecule has 0 aromatic carbocycles. The molecule has 0 radical (unpaired) electrons. The van der Waals surface area contributed by atoms with Gasteiger partial charge in [0.2, 0.25) is 5.91 Å². The van der Waals surface area contributed by atoms with Gasteiger partial charge < -0.3 is 10.6 Å². The van der Waals surface area contributed by atoms with E-state index in [1.54, 1.807) is 0 Å². The number of carbonyl (C=O) groups is 1. The Morgan fingerprint density at radius 2 is 1.88 bits per heavy atom. The third kappa shape index (κ3) is 9.10. The molecule has 0 aliphatic heterocycles. The van der Waals surface area contributed by atoms with E-state index in [9.17, 15) is 4.79 Å². The van der Waals surface area contributed by atoms with E-state index in [0.29, 0.717) is 30.3 Å². The number of nitrogens with two attached hydrogens (primary N) is 1. The highest BCUT2D eigenvalue weighted by Gasteiger charge is 2.21. The van der Waals surface area contributed by atoms with Crippen molar-refractivity contribution in [1.82, 2.24) is 4.90 Å². The summed E-state index contributed by atoms with van der Waals surface area (Å²) < 4.78 is 0. The average Bonchev–Trinajstić information content (AvgIpc) is 2.08. The number of hydrogen-bond acceptors (Lipinski definition) is 2. The van der Waals surface area contributed by atoms with Gasteiger partial charge in [-0.25, -0.2) is 0 Å². The van der Waals surface area contributed by atoms with Crippen molar-refractivity contribution in [3.8, 4) is 0 Å². The average molecular weight is 258 g/mol. The van der Waals surface area contributed by atoms with E-state index < -0.39 is 0 Å². The minimum Gasteiger partial charge on any atom is -0.393 e. The summed E-state index contributed by atoms with van der Waals surface area (Å²) in [5.41, 5.74) is 5.52. The number of nitrogens with zero attached hydrogens (tertiary/aromatic N) is 1. The first kappa shape index (κ1) is 16.4. The van der Waals surface area contributed by atoms with Crippen molar-refractivity contribution in [1.29, 1.82) is 0 Å². The monoisotopic (exact) mass is 258 g/mol. The molecule has 0 saturated carbocycles. The topological polar surface area (TPSA) is 46.3 Å². The lowest BCUT2D eigenvalue weighted by atomic mass is 9.91. The summed E-state index contributed by atoms with van der Waals surface area (Å²) in [4.78, 5) is 14.5. The summed E-state index contributed by atoms with van der Waals surface area (Å²) in [5, 5.41) is 0. The van der Waals surface area contributed by atoms with Crippen LogP contribution in [0.3, 0.4) is 0 Å². The zero-order valence-electron chi connectivity index (χ0n) is 11.7. The van der Waals surface area contributed by atoms with Crippen LogP contribution < -0.4 is 5.73 Å². The molecule has 1 amide bonds. The molecule has 0 bridgehead atoms. The van der Waals surface area contributed by atoms with Crippen LogP contribution in [0.5, 0.6) is 0 Å². The molecule has 0 saturated heterocycles. The molecule has 3 nitrogen and oxygen atoms in total. The van der Waals surface area contributed by atoms with Gasteiger partial charge in [-0.3, -0.25) is 4.79 Å². The highest BCUT2D eigenvalue weighted by atomic mass is 32.1. The second-order valence-electron chi connectivity index (χ2n) is 6.19. The molecule has 0 heterocycles. The summed E-state index contributed by atoms with van der Waals surface area (Å²) in [6.07, 6.45) is 1.18. The van der Waals surface area contributed by atoms with Crippen molar-refractivity contribution in [2.24, 2.45) is 17.1 Å². The van der Waals surface area contributed by atoms with E-state index >= 15 is 0 Å². The lowest BCUT2D eigenvalue weighted by Crippen LogP contribution is -2.38. The molecule has 0 aliphatic rings. The molecule has 4 heteroatoms. The van der Waals surface area contributed by atoms with Gasteiger partial charge >= 0.3 is 0 Å². The molecular formula is C13H26N2OS. The van der Waals surface area contributed by atoms with Gasteiger partial charge in [0.25, 0.3) is 0 Å². The Morgan fingerprint density at radius 1 is 1.35 bits per heavy atom. The Labute approximate surface area is 111 Å². The Morgan fingerprint density at radius 3 is 2.24 bits per heavy atom. The molecular weight excluding hydrogens is 232 g/mol. The predicted molar refractivity (Wildman–Crippen MR) is 76.9 cm³/mol.